The summed E-state index contributed by atoms with van der Waals surface area (Å²) >= 11 is 0. The summed E-state index contributed by atoms with van der Waals surface area (Å²) in [6.07, 6.45) is 0.544. The molecule has 0 aromatic carbocycles. The third-order valence-electron chi connectivity index (χ3n) is 2.05. The molecule has 0 saturated carbocycles. The standard InChI is InChI=1S/C7H12O4/c1-2-7(6(8)9)3-10-5-11-4-7/h2-5H2,1H3,(H,8,9). The number of rotatable bonds is 2. The normalized spacial score (nSPS) is 23.0. The fourth-order valence-corrected chi connectivity index (χ4v) is 1.05. The Hall–Kier alpha value is -0.610. The van der Waals surface area contributed by atoms with Gasteiger partial charge in [0.1, 0.15) is 12.2 Å². The van der Waals surface area contributed by atoms with E-state index < -0.39 is 11.4 Å². The van der Waals surface area contributed by atoms with Crippen LogP contribution in [0.1, 0.15) is 13.3 Å². The Labute approximate surface area is 65.1 Å². The molecule has 1 N–H and O–H groups in total. The van der Waals surface area contributed by atoms with Crippen LogP contribution < -0.4 is 0 Å². The Balaban J connectivity index is 2.64. The summed E-state index contributed by atoms with van der Waals surface area (Å²) in [5.41, 5.74) is -0.807. The lowest BCUT2D eigenvalue weighted by Gasteiger charge is -2.31. The van der Waals surface area contributed by atoms with Crippen LogP contribution in [0.3, 0.4) is 0 Å². The number of carboxylic acid groups (broad SMARTS) is 1. The second-order valence-electron chi connectivity index (χ2n) is 2.75. The maximum absolute atomic E-state index is 10.7. The highest BCUT2D eigenvalue weighted by atomic mass is 16.7. The molecule has 1 saturated heterocycles. The van der Waals surface area contributed by atoms with Crippen LogP contribution in [0.5, 0.6) is 0 Å². The Morgan fingerprint density at radius 1 is 1.55 bits per heavy atom. The lowest BCUT2D eigenvalue weighted by atomic mass is 9.87. The predicted molar refractivity (Wildman–Crippen MR) is 37.1 cm³/mol. The van der Waals surface area contributed by atoms with Gasteiger partial charge in [0.25, 0.3) is 0 Å². The highest BCUT2D eigenvalue weighted by Crippen LogP contribution is 2.26. The topological polar surface area (TPSA) is 55.8 Å². The lowest BCUT2D eigenvalue weighted by Crippen LogP contribution is -2.43. The molecule has 0 aromatic rings. The van der Waals surface area contributed by atoms with Gasteiger partial charge in [-0.05, 0) is 6.42 Å². The van der Waals surface area contributed by atoms with Crippen molar-refractivity contribution in [2.45, 2.75) is 13.3 Å². The van der Waals surface area contributed by atoms with Gasteiger partial charge in [-0.15, -0.1) is 0 Å². The van der Waals surface area contributed by atoms with E-state index in [1.54, 1.807) is 0 Å². The summed E-state index contributed by atoms with van der Waals surface area (Å²) in [7, 11) is 0. The van der Waals surface area contributed by atoms with E-state index >= 15 is 0 Å². The summed E-state index contributed by atoms with van der Waals surface area (Å²) in [6.45, 7) is 2.57. The van der Waals surface area contributed by atoms with Crippen molar-refractivity contribution < 1.29 is 19.4 Å². The van der Waals surface area contributed by atoms with Crippen LogP contribution in [0, 0.1) is 5.41 Å². The number of carboxylic acids is 1. The zero-order valence-electron chi connectivity index (χ0n) is 6.50. The fraction of sp³-hybridized carbons (Fsp3) is 0.857. The molecular weight excluding hydrogens is 148 g/mol. The summed E-state index contributed by atoms with van der Waals surface area (Å²) < 4.78 is 9.87. The van der Waals surface area contributed by atoms with Crippen LogP contribution >= 0.6 is 0 Å². The molecule has 0 aromatic heterocycles. The molecule has 0 radical (unpaired) electrons. The van der Waals surface area contributed by atoms with Crippen molar-refractivity contribution >= 4 is 5.97 Å². The minimum absolute atomic E-state index is 0.217. The SMILES string of the molecule is CCC1(C(=O)O)COCOC1. The van der Waals surface area contributed by atoms with Crippen molar-refractivity contribution in [3.63, 3.8) is 0 Å². The molecule has 1 rings (SSSR count). The van der Waals surface area contributed by atoms with E-state index in [-0.39, 0.29) is 20.0 Å². The number of hydrogen-bond donors (Lipinski definition) is 1. The maximum atomic E-state index is 10.7. The number of aliphatic carboxylic acids is 1. The number of hydrogen-bond acceptors (Lipinski definition) is 3. The van der Waals surface area contributed by atoms with E-state index in [9.17, 15) is 4.79 Å². The largest absolute Gasteiger partial charge is 0.481 e. The number of carbonyl (C=O) groups is 1. The van der Waals surface area contributed by atoms with Crippen molar-refractivity contribution in [2.75, 3.05) is 20.0 Å². The first-order valence-electron chi connectivity index (χ1n) is 3.60. The van der Waals surface area contributed by atoms with Crippen molar-refractivity contribution in [3.05, 3.63) is 0 Å². The first kappa shape index (κ1) is 8.49. The van der Waals surface area contributed by atoms with E-state index in [1.165, 1.54) is 0 Å². The molecule has 11 heavy (non-hydrogen) atoms. The van der Waals surface area contributed by atoms with Crippen LogP contribution in [0.2, 0.25) is 0 Å². The van der Waals surface area contributed by atoms with Gasteiger partial charge in [0.2, 0.25) is 0 Å². The Kier molecular flexibility index (Phi) is 2.46. The Bertz CT molecular complexity index is 149. The van der Waals surface area contributed by atoms with Gasteiger partial charge in [-0.3, -0.25) is 4.79 Å². The van der Waals surface area contributed by atoms with Gasteiger partial charge in [-0.25, -0.2) is 0 Å². The maximum Gasteiger partial charge on any atom is 0.314 e. The van der Waals surface area contributed by atoms with Crippen LogP contribution in [0.25, 0.3) is 0 Å². The lowest BCUT2D eigenvalue weighted by molar-refractivity contribution is -0.191. The van der Waals surface area contributed by atoms with Crippen molar-refractivity contribution in [1.29, 1.82) is 0 Å². The molecule has 0 bridgehead atoms. The smallest absolute Gasteiger partial charge is 0.314 e. The summed E-state index contributed by atoms with van der Waals surface area (Å²) in [6, 6.07) is 0. The molecule has 1 fully saturated rings. The summed E-state index contributed by atoms with van der Waals surface area (Å²) in [5, 5.41) is 8.83. The van der Waals surface area contributed by atoms with Crippen LogP contribution in [0.4, 0.5) is 0 Å². The average Bonchev–Trinajstić information content (AvgIpc) is 2.05. The van der Waals surface area contributed by atoms with Gasteiger partial charge < -0.3 is 14.6 Å². The van der Waals surface area contributed by atoms with Gasteiger partial charge in [-0.1, -0.05) is 6.92 Å². The van der Waals surface area contributed by atoms with Gasteiger partial charge >= 0.3 is 5.97 Å². The Morgan fingerprint density at radius 3 is 2.36 bits per heavy atom. The van der Waals surface area contributed by atoms with Gasteiger partial charge in [0.05, 0.1) is 13.2 Å². The third-order valence-corrected chi connectivity index (χ3v) is 2.05. The molecule has 0 spiro atoms. The van der Waals surface area contributed by atoms with Crippen molar-refractivity contribution in [2.24, 2.45) is 5.41 Å². The second kappa shape index (κ2) is 3.19. The molecule has 0 aliphatic carbocycles. The molecule has 4 heteroatoms. The quantitative estimate of drug-likeness (QED) is 0.638. The molecule has 1 heterocycles. The first-order valence-corrected chi connectivity index (χ1v) is 3.60. The monoisotopic (exact) mass is 160 g/mol. The van der Waals surface area contributed by atoms with E-state index in [4.69, 9.17) is 14.6 Å². The molecule has 0 unspecified atom stereocenters. The molecule has 1 aliphatic rings. The van der Waals surface area contributed by atoms with E-state index in [1.807, 2.05) is 6.92 Å². The van der Waals surface area contributed by atoms with Gasteiger partial charge in [0.15, 0.2) is 0 Å². The van der Waals surface area contributed by atoms with E-state index in [0.29, 0.717) is 6.42 Å². The zero-order chi connectivity index (χ0) is 8.32. The van der Waals surface area contributed by atoms with Crippen molar-refractivity contribution in [3.8, 4) is 0 Å². The summed E-state index contributed by atoms with van der Waals surface area (Å²) in [4.78, 5) is 10.7. The summed E-state index contributed by atoms with van der Waals surface area (Å²) in [5.74, 6) is -0.834. The molecule has 4 nitrogen and oxygen atoms in total. The highest BCUT2D eigenvalue weighted by Gasteiger charge is 2.39. The van der Waals surface area contributed by atoms with E-state index in [0.717, 1.165) is 0 Å². The van der Waals surface area contributed by atoms with E-state index in [2.05, 4.69) is 0 Å². The van der Waals surface area contributed by atoms with Crippen LogP contribution in [-0.4, -0.2) is 31.1 Å². The molecule has 0 atom stereocenters. The van der Waals surface area contributed by atoms with Crippen molar-refractivity contribution in [1.82, 2.24) is 0 Å². The number of ether oxygens (including phenoxy) is 2. The molecular formula is C7H12O4. The highest BCUT2D eigenvalue weighted by molar-refractivity contribution is 5.75. The minimum Gasteiger partial charge on any atom is -0.481 e. The molecule has 1 aliphatic heterocycles. The second-order valence-corrected chi connectivity index (χ2v) is 2.75. The zero-order valence-corrected chi connectivity index (χ0v) is 6.50. The molecule has 64 valence electrons. The predicted octanol–water partition coefficient (Wildman–Crippen LogP) is 0.472. The first-order chi connectivity index (χ1) is 5.21. The van der Waals surface area contributed by atoms with Crippen LogP contribution in [-0.2, 0) is 14.3 Å². The van der Waals surface area contributed by atoms with Gasteiger partial charge in [0, 0.05) is 0 Å². The van der Waals surface area contributed by atoms with Gasteiger partial charge in [-0.2, -0.15) is 0 Å². The minimum atomic E-state index is -0.834. The molecule has 0 amide bonds. The fourth-order valence-electron chi connectivity index (χ4n) is 1.05. The van der Waals surface area contributed by atoms with Crippen LogP contribution in [0.15, 0.2) is 0 Å². The third kappa shape index (κ3) is 1.52. The Morgan fingerprint density at radius 2 is 2.09 bits per heavy atom. The average molecular weight is 160 g/mol.